The molecular weight excluding hydrogens is 246 g/mol. The smallest absolute Gasteiger partial charge is 0.320 e. The van der Waals surface area contributed by atoms with Crippen LogP contribution in [0, 0.1) is 5.92 Å². The first kappa shape index (κ1) is 14.9. The average molecular weight is 263 g/mol. The van der Waals surface area contributed by atoms with E-state index in [1.54, 1.807) is 6.08 Å². The summed E-state index contributed by atoms with van der Waals surface area (Å²) in [6, 6.07) is 8.31. The van der Waals surface area contributed by atoms with E-state index >= 15 is 0 Å². The highest BCUT2D eigenvalue weighted by Gasteiger charge is 2.23. The fourth-order valence-electron chi connectivity index (χ4n) is 1.64. The second-order valence-corrected chi connectivity index (χ2v) is 4.26. The van der Waals surface area contributed by atoms with Gasteiger partial charge < -0.3 is 15.9 Å². The first-order valence-electron chi connectivity index (χ1n) is 5.93. The fourth-order valence-corrected chi connectivity index (χ4v) is 1.64. The molecule has 0 heterocycles. The first-order chi connectivity index (χ1) is 9.00. The molecule has 0 fully saturated rings. The number of benzene rings is 1. The zero-order chi connectivity index (χ0) is 14.3. The van der Waals surface area contributed by atoms with Gasteiger partial charge in [-0.1, -0.05) is 42.5 Å². The Bertz CT molecular complexity index is 456. The van der Waals surface area contributed by atoms with Gasteiger partial charge in [-0.15, -0.1) is 0 Å². The zero-order valence-electron chi connectivity index (χ0n) is 10.4. The third-order valence-corrected chi connectivity index (χ3v) is 2.74. The van der Waals surface area contributed by atoms with Crippen LogP contribution in [0.5, 0.6) is 0 Å². The van der Waals surface area contributed by atoms with Gasteiger partial charge in [0.2, 0.25) is 0 Å². The van der Waals surface area contributed by atoms with E-state index in [0.717, 1.165) is 5.56 Å². The summed E-state index contributed by atoms with van der Waals surface area (Å²) >= 11 is 0. The van der Waals surface area contributed by atoms with E-state index in [2.05, 4.69) is 0 Å². The molecule has 19 heavy (non-hydrogen) atoms. The van der Waals surface area contributed by atoms with Crippen LogP contribution in [0.25, 0.3) is 6.08 Å². The van der Waals surface area contributed by atoms with Crippen molar-refractivity contribution < 1.29 is 19.8 Å². The second-order valence-electron chi connectivity index (χ2n) is 4.26. The van der Waals surface area contributed by atoms with E-state index in [0.29, 0.717) is 0 Å². The Morgan fingerprint density at radius 1 is 1.16 bits per heavy atom. The Morgan fingerprint density at radius 2 is 1.79 bits per heavy atom. The Labute approximate surface area is 111 Å². The number of allylic oxidation sites excluding steroid dienone is 1. The Kier molecular flexibility index (Phi) is 5.75. The van der Waals surface area contributed by atoms with E-state index in [1.165, 1.54) is 0 Å². The molecule has 5 heteroatoms. The maximum Gasteiger partial charge on any atom is 0.320 e. The normalized spacial score (nSPS) is 14.2. The number of carboxylic acid groups (broad SMARTS) is 2. The maximum absolute atomic E-state index is 11.0. The monoisotopic (exact) mass is 263 g/mol. The van der Waals surface area contributed by atoms with Crippen LogP contribution in [-0.2, 0) is 9.59 Å². The van der Waals surface area contributed by atoms with Crippen LogP contribution >= 0.6 is 0 Å². The highest BCUT2D eigenvalue weighted by atomic mass is 16.4. The van der Waals surface area contributed by atoms with Crippen molar-refractivity contribution in [1.82, 2.24) is 0 Å². The Hall–Kier alpha value is -2.14. The lowest BCUT2D eigenvalue weighted by Gasteiger charge is -2.12. The third kappa shape index (κ3) is 5.35. The number of hydrogen-bond donors (Lipinski definition) is 3. The van der Waals surface area contributed by atoms with Crippen molar-refractivity contribution in [2.24, 2.45) is 11.7 Å². The average Bonchev–Trinajstić information content (AvgIpc) is 2.38. The molecule has 1 rings (SSSR count). The van der Waals surface area contributed by atoms with Crippen LogP contribution in [0.3, 0.4) is 0 Å². The summed E-state index contributed by atoms with van der Waals surface area (Å²) in [5, 5.41) is 17.7. The standard InChI is InChI=1S/C14H17NO4/c15-12(14(18)19)9-11(13(16)17)8-4-7-10-5-2-1-3-6-10/h1-7,11-12H,8-9,15H2,(H,16,17)(H,18,19)/b7-4+/t11-,12-/m1/s1. The van der Waals surface area contributed by atoms with Gasteiger partial charge in [-0.25, -0.2) is 0 Å². The van der Waals surface area contributed by atoms with Crippen LogP contribution in [-0.4, -0.2) is 28.2 Å². The predicted molar refractivity (Wildman–Crippen MR) is 71.4 cm³/mol. The summed E-state index contributed by atoms with van der Waals surface area (Å²) in [6.45, 7) is 0. The SMILES string of the molecule is N[C@H](C[C@@H](C/C=C/c1ccccc1)C(=O)O)C(=O)O. The first-order valence-corrected chi connectivity index (χ1v) is 5.93. The van der Waals surface area contributed by atoms with E-state index in [4.69, 9.17) is 15.9 Å². The minimum atomic E-state index is -1.18. The van der Waals surface area contributed by atoms with Crippen molar-refractivity contribution in [3.8, 4) is 0 Å². The van der Waals surface area contributed by atoms with Crippen molar-refractivity contribution >= 4 is 18.0 Å². The molecular formula is C14H17NO4. The van der Waals surface area contributed by atoms with Crippen LogP contribution in [0.15, 0.2) is 36.4 Å². The molecule has 0 aromatic heterocycles. The summed E-state index contributed by atoms with van der Waals surface area (Å²) in [5.41, 5.74) is 6.32. The van der Waals surface area contributed by atoms with Gasteiger partial charge in [0.25, 0.3) is 0 Å². The van der Waals surface area contributed by atoms with Crippen molar-refractivity contribution in [2.75, 3.05) is 0 Å². The lowest BCUT2D eigenvalue weighted by atomic mass is 9.96. The van der Waals surface area contributed by atoms with Crippen LogP contribution < -0.4 is 5.73 Å². The van der Waals surface area contributed by atoms with E-state index < -0.39 is 23.9 Å². The molecule has 0 aliphatic heterocycles. The molecule has 0 amide bonds. The third-order valence-electron chi connectivity index (χ3n) is 2.74. The number of carboxylic acids is 2. The van der Waals surface area contributed by atoms with E-state index in [1.807, 2.05) is 36.4 Å². The molecule has 0 saturated heterocycles. The largest absolute Gasteiger partial charge is 0.481 e. The summed E-state index contributed by atoms with van der Waals surface area (Å²) in [4.78, 5) is 21.6. The molecule has 0 bridgehead atoms. The Balaban J connectivity index is 2.57. The van der Waals surface area contributed by atoms with Gasteiger partial charge in [0.15, 0.2) is 0 Å². The minimum absolute atomic E-state index is 0.0796. The molecule has 1 aromatic rings. The topological polar surface area (TPSA) is 101 Å². The van der Waals surface area contributed by atoms with Crippen molar-refractivity contribution in [1.29, 1.82) is 0 Å². The zero-order valence-corrected chi connectivity index (χ0v) is 10.4. The predicted octanol–water partition coefficient (Wildman–Crippen LogP) is 1.59. The van der Waals surface area contributed by atoms with Crippen LogP contribution in [0.4, 0.5) is 0 Å². The van der Waals surface area contributed by atoms with Gasteiger partial charge in [0, 0.05) is 0 Å². The number of rotatable bonds is 7. The molecule has 0 saturated carbocycles. The lowest BCUT2D eigenvalue weighted by molar-refractivity contribution is -0.143. The highest BCUT2D eigenvalue weighted by Crippen LogP contribution is 2.13. The van der Waals surface area contributed by atoms with Crippen LogP contribution in [0.1, 0.15) is 18.4 Å². The number of aliphatic carboxylic acids is 2. The number of nitrogens with two attached hydrogens (primary N) is 1. The summed E-state index contributed by atoms with van der Waals surface area (Å²) in [5.74, 6) is -3.00. The second kappa shape index (κ2) is 7.33. The van der Waals surface area contributed by atoms with Gasteiger partial charge >= 0.3 is 11.9 Å². The molecule has 102 valence electrons. The van der Waals surface area contributed by atoms with Crippen molar-refractivity contribution in [3.63, 3.8) is 0 Å². The van der Waals surface area contributed by atoms with Crippen molar-refractivity contribution in [2.45, 2.75) is 18.9 Å². The molecule has 0 unspecified atom stereocenters. The summed E-state index contributed by atoms with van der Waals surface area (Å²) < 4.78 is 0. The quantitative estimate of drug-likeness (QED) is 0.693. The summed E-state index contributed by atoms with van der Waals surface area (Å²) in [7, 11) is 0. The molecule has 0 spiro atoms. The molecule has 1 aromatic carbocycles. The lowest BCUT2D eigenvalue weighted by Crippen LogP contribution is -2.34. The maximum atomic E-state index is 11.0. The molecule has 0 aliphatic rings. The van der Waals surface area contributed by atoms with E-state index in [-0.39, 0.29) is 12.8 Å². The molecule has 4 N–H and O–H groups in total. The van der Waals surface area contributed by atoms with Gasteiger partial charge in [0.1, 0.15) is 6.04 Å². The number of carbonyl (C=O) groups is 2. The molecule has 0 aliphatic carbocycles. The summed E-state index contributed by atoms with van der Waals surface area (Å²) in [6.07, 6.45) is 3.71. The van der Waals surface area contributed by atoms with Gasteiger partial charge in [-0.3, -0.25) is 9.59 Å². The molecule has 2 atom stereocenters. The molecule has 0 radical (unpaired) electrons. The van der Waals surface area contributed by atoms with Crippen molar-refractivity contribution in [3.05, 3.63) is 42.0 Å². The van der Waals surface area contributed by atoms with E-state index in [9.17, 15) is 9.59 Å². The fraction of sp³-hybridized carbons (Fsp3) is 0.286. The van der Waals surface area contributed by atoms with Crippen LogP contribution in [0.2, 0.25) is 0 Å². The van der Waals surface area contributed by atoms with Gasteiger partial charge in [-0.05, 0) is 18.4 Å². The Morgan fingerprint density at radius 3 is 2.32 bits per heavy atom. The number of hydrogen-bond acceptors (Lipinski definition) is 3. The van der Waals surface area contributed by atoms with Gasteiger partial charge in [-0.2, -0.15) is 0 Å². The minimum Gasteiger partial charge on any atom is -0.481 e. The molecule has 5 nitrogen and oxygen atoms in total. The highest BCUT2D eigenvalue weighted by molar-refractivity contribution is 5.76. The van der Waals surface area contributed by atoms with Gasteiger partial charge in [0.05, 0.1) is 5.92 Å².